The summed E-state index contributed by atoms with van der Waals surface area (Å²) < 4.78 is 8.87. The Kier molecular flexibility index (Phi) is 4.11. The molecule has 1 amide bonds. The van der Waals surface area contributed by atoms with Crippen molar-refractivity contribution in [2.75, 3.05) is 12.4 Å². The standard InChI is InChI=1S/C10H12BrN5O2/c1-18-7-16-5-9(3-13-16)14-10(17)6-15-4-8(11)2-12-15/h2-5H,6-7H2,1H3,(H,14,17). The summed E-state index contributed by atoms with van der Waals surface area (Å²) in [5.41, 5.74) is 0.628. The molecule has 0 saturated carbocycles. The van der Waals surface area contributed by atoms with Crippen molar-refractivity contribution in [1.29, 1.82) is 0 Å². The fraction of sp³-hybridized carbons (Fsp3) is 0.300. The Bertz CT molecular complexity index is 536. The molecule has 0 aliphatic rings. The summed E-state index contributed by atoms with van der Waals surface area (Å²) in [5, 5.41) is 10.7. The van der Waals surface area contributed by atoms with Crippen molar-refractivity contribution >= 4 is 27.5 Å². The van der Waals surface area contributed by atoms with Crippen molar-refractivity contribution in [3.05, 3.63) is 29.3 Å². The smallest absolute Gasteiger partial charge is 0.246 e. The van der Waals surface area contributed by atoms with Gasteiger partial charge in [-0.25, -0.2) is 4.68 Å². The van der Waals surface area contributed by atoms with Crippen LogP contribution in [0.2, 0.25) is 0 Å². The van der Waals surface area contributed by atoms with Gasteiger partial charge in [0.15, 0.2) is 0 Å². The molecular weight excluding hydrogens is 302 g/mol. The molecule has 0 bridgehead atoms. The first-order chi connectivity index (χ1) is 8.67. The van der Waals surface area contributed by atoms with Crippen molar-refractivity contribution < 1.29 is 9.53 Å². The zero-order valence-corrected chi connectivity index (χ0v) is 11.3. The summed E-state index contributed by atoms with van der Waals surface area (Å²) in [5.74, 6) is -0.164. The number of ether oxygens (including phenoxy) is 1. The highest BCUT2D eigenvalue weighted by Crippen LogP contribution is 2.07. The van der Waals surface area contributed by atoms with E-state index in [1.165, 1.54) is 0 Å². The van der Waals surface area contributed by atoms with E-state index < -0.39 is 0 Å². The lowest BCUT2D eigenvalue weighted by atomic mass is 10.5. The number of carbonyl (C=O) groups excluding carboxylic acids is 1. The minimum absolute atomic E-state index is 0.154. The quantitative estimate of drug-likeness (QED) is 0.896. The molecule has 0 saturated heterocycles. The summed E-state index contributed by atoms with van der Waals surface area (Å²) >= 11 is 3.27. The second kappa shape index (κ2) is 5.78. The van der Waals surface area contributed by atoms with Gasteiger partial charge in [-0.3, -0.25) is 9.48 Å². The third-order valence-corrected chi connectivity index (χ3v) is 2.50. The molecule has 2 rings (SSSR count). The molecular formula is C10H12BrN5O2. The molecule has 0 unspecified atom stereocenters. The van der Waals surface area contributed by atoms with Gasteiger partial charge in [-0.1, -0.05) is 0 Å². The Hall–Kier alpha value is -1.67. The number of anilines is 1. The summed E-state index contributed by atoms with van der Waals surface area (Å²) in [7, 11) is 1.58. The highest BCUT2D eigenvalue weighted by atomic mass is 79.9. The van der Waals surface area contributed by atoms with E-state index >= 15 is 0 Å². The number of hydrogen-bond donors (Lipinski definition) is 1. The number of halogens is 1. The predicted octanol–water partition coefficient (Wildman–Crippen LogP) is 1.08. The minimum Gasteiger partial charge on any atom is -0.362 e. The van der Waals surface area contributed by atoms with Crippen LogP contribution in [-0.4, -0.2) is 32.6 Å². The molecule has 18 heavy (non-hydrogen) atoms. The second-order valence-electron chi connectivity index (χ2n) is 3.59. The number of amides is 1. The zero-order chi connectivity index (χ0) is 13.0. The Morgan fingerprint density at radius 2 is 2.17 bits per heavy atom. The number of aromatic nitrogens is 4. The van der Waals surface area contributed by atoms with Crippen molar-refractivity contribution in [3.63, 3.8) is 0 Å². The number of carbonyl (C=O) groups is 1. The molecule has 8 heteroatoms. The van der Waals surface area contributed by atoms with Gasteiger partial charge >= 0.3 is 0 Å². The van der Waals surface area contributed by atoms with Crippen LogP contribution in [0.3, 0.4) is 0 Å². The van der Waals surface area contributed by atoms with E-state index in [-0.39, 0.29) is 12.5 Å². The second-order valence-corrected chi connectivity index (χ2v) is 4.51. The molecule has 2 aromatic rings. The first-order valence-corrected chi connectivity index (χ1v) is 5.96. The van der Waals surface area contributed by atoms with Gasteiger partial charge in [0.2, 0.25) is 5.91 Å². The molecule has 96 valence electrons. The van der Waals surface area contributed by atoms with E-state index in [0.717, 1.165) is 4.47 Å². The van der Waals surface area contributed by atoms with Crippen LogP contribution in [0.5, 0.6) is 0 Å². The largest absolute Gasteiger partial charge is 0.362 e. The summed E-state index contributed by atoms with van der Waals surface area (Å²) in [4.78, 5) is 11.7. The van der Waals surface area contributed by atoms with Crippen LogP contribution in [0.25, 0.3) is 0 Å². The highest BCUT2D eigenvalue weighted by molar-refractivity contribution is 9.10. The lowest BCUT2D eigenvalue weighted by molar-refractivity contribution is -0.116. The monoisotopic (exact) mass is 313 g/mol. The molecule has 2 heterocycles. The molecule has 0 aliphatic heterocycles. The van der Waals surface area contributed by atoms with Gasteiger partial charge in [-0.15, -0.1) is 0 Å². The SMILES string of the molecule is COCn1cc(NC(=O)Cn2cc(Br)cn2)cn1. The van der Waals surface area contributed by atoms with Gasteiger partial charge < -0.3 is 10.1 Å². The topological polar surface area (TPSA) is 74.0 Å². The molecule has 0 radical (unpaired) electrons. The van der Waals surface area contributed by atoms with Crippen molar-refractivity contribution in [3.8, 4) is 0 Å². The van der Waals surface area contributed by atoms with Crippen LogP contribution in [0.1, 0.15) is 0 Å². The van der Waals surface area contributed by atoms with Crippen LogP contribution in [0, 0.1) is 0 Å². The number of methoxy groups -OCH3 is 1. The average molecular weight is 314 g/mol. The number of hydrogen-bond acceptors (Lipinski definition) is 4. The maximum absolute atomic E-state index is 11.7. The van der Waals surface area contributed by atoms with Crippen LogP contribution in [0.15, 0.2) is 29.3 Å². The maximum atomic E-state index is 11.7. The number of nitrogens with one attached hydrogen (secondary N) is 1. The van der Waals surface area contributed by atoms with E-state index in [0.29, 0.717) is 12.4 Å². The first kappa shape index (κ1) is 12.8. The minimum atomic E-state index is -0.164. The zero-order valence-electron chi connectivity index (χ0n) is 9.71. The molecule has 0 fully saturated rings. The number of rotatable bonds is 5. The number of nitrogens with zero attached hydrogens (tertiary/aromatic N) is 4. The summed E-state index contributed by atoms with van der Waals surface area (Å²) in [6, 6.07) is 0. The third-order valence-electron chi connectivity index (χ3n) is 2.09. The Labute approximate surface area is 112 Å². The van der Waals surface area contributed by atoms with Crippen LogP contribution in [-0.2, 0) is 22.8 Å². The molecule has 2 aromatic heterocycles. The van der Waals surface area contributed by atoms with Gasteiger partial charge in [0, 0.05) is 13.3 Å². The van der Waals surface area contributed by atoms with Gasteiger partial charge in [-0.2, -0.15) is 10.2 Å². The molecule has 0 atom stereocenters. The van der Waals surface area contributed by atoms with E-state index in [1.807, 2.05) is 0 Å². The average Bonchev–Trinajstić information content (AvgIpc) is 2.89. The third kappa shape index (κ3) is 3.41. The predicted molar refractivity (Wildman–Crippen MR) is 67.8 cm³/mol. The molecule has 7 nitrogen and oxygen atoms in total. The summed E-state index contributed by atoms with van der Waals surface area (Å²) in [6.45, 7) is 0.503. The van der Waals surface area contributed by atoms with Crippen LogP contribution < -0.4 is 5.32 Å². The van der Waals surface area contributed by atoms with E-state index in [4.69, 9.17) is 4.74 Å². The van der Waals surface area contributed by atoms with E-state index in [2.05, 4.69) is 31.4 Å². The lowest BCUT2D eigenvalue weighted by Gasteiger charge is -2.02. The van der Waals surface area contributed by atoms with Gasteiger partial charge in [-0.05, 0) is 15.9 Å². The van der Waals surface area contributed by atoms with E-state index in [1.54, 1.807) is 41.3 Å². The van der Waals surface area contributed by atoms with Crippen molar-refractivity contribution in [1.82, 2.24) is 19.6 Å². The molecule has 0 aliphatic carbocycles. The maximum Gasteiger partial charge on any atom is 0.246 e. The lowest BCUT2D eigenvalue weighted by Crippen LogP contribution is -2.18. The molecule has 0 spiro atoms. The van der Waals surface area contributed by atoms with Crippen molar-refractivity contribution in [2.45, 2.75) is 13.3 Å². The Balaban J connectivity index is 1.90. The van der Waals surface area contributed by atoms with Gasteiger partial charge in [0.25, 0.3) is 0 Å². The molecule has 0 aromatic carbocycles. The fourth-order valence-corrected chi connectivity index (χ4v) is 1.73. The normalized spacial score (nSPS) is 10.6. The van der Waals surface area contributed by atoms with Crippen LogP contribution in [0.4, 0.5) is 5.69 Å². The van der Waals surface area contributed by atoms with Crippen molar-refractivity contribution in [2.24, 2.45) is 0 Å². The van der Waals surface area contributed by atoms with Gasteiger partial charge in [0.05, 0.1) is 28.8 Å². The Morgan fingerprint density at radius 1 is 1.39 bits per heavy atom. The van der Waals surface area contributed by atoms with E-state index in [9.17, 15) is 4.79 Å². The van der Waals surface area contributed by atoms with Crippen LogP contribution >= 0.6 is 15.9 Å². The fourth-order valence-electron chi connectivity index (χ4n) is 1.40. The van der Waals surface area contributed by atoms with Gasteiger partial charge in [0.1, 0.15) is 13.3 Å². The summed E-state index contributed by atoms with van der Waals surface area (Å²) in [6.07, 6.45) is 6.62. The first-order valence-electron chi connectivity index (χ1n) is 5.16. The highest BCUT2D eigenvalue weighted by Gasteiger charge is 2.06. The Morgan fingerprint density at radius 3 is 2.83 bits per heavy atom. The molecule has 1 N–H and O–H groups in total.